The topological polar surface area (TPSA) is 118 Å². The highest BCUT2D eigenvalue weighted by Gasteiger charge is 2.22. The van der Waals surface area contributed by atoms with Gasteiger partial charge in [0.05, 0.1) is 16.5 Å². The fraction of sp³-hybridized carbons (Fsp3) is 0.417. The molecule has 104 valence electrons. The monoisotopic (exact) mass is 267 g/mol. The Balaban J connectivity index is 2.95. The molecule has 0 aromatic heterocycles. The second-order valence-corrected chi connectivity index (χ2v) is 4.53. The number of non-ortho nitro benzene ring substituents is 1. The van der Waals surface area contributed by atoms with Crippen LogP contribution in [-0.4, -0.2) is 22.5 Å². The molecule has 0 bridgehead atoms. The zero-order valence-corrected chi connectivity index (χ0v) is 10.8. The van der Waals surface area contributed by atoms with E-state index >= 15 is 0 Å². The molecule has 0 fully saturated rings. The first-order chi connectivity index (χ1) is 8.86. The number of carbonyl (C=O) groups excluding carboxylic acids is 1. The molecule has 1 aromatic rings. The van der Waals surface area contributed by atoms with Crippen LogP contribution < -0.4 is 11.1 Å². The molecule has 0 radical (unpaired) electrons. The minimum absolute atomic E-state index is 0.0123. The standard InChI is InChI=1S/C12H17N3O4/c1-7(2)9(6-13)12(17)14-10-5-8(15(18)19)3-4-11(10)16/h3-5,7,9,16H,6,13H2,1-2H3,(H,14,17). The summed E-state index contributed by atoms with van der Waals surface area (Å²) in [6.07, 6.45) is 0. The van der Waals surface area contributed by atoms with Gasteiger partial charge in [-0.2, -0.15) is 0 Å². The quantitative estimate of drug-likeness (QED) is 0.424. The molecule has 0 saturated heterocycles. The molecule has 0 aliphatic heterocycles. The second-order valence-electron chi connectivity index (χ2n) is 4.53. The SMILES string of the molecule is CC(C)C(CN)C(=O)Nc1cc([N+](=O)[O-])ccc1O. The van der Waals surface area contributed by atoms with Crippen LogP contribution in [0.25, 0.3) is 0 Å². The summed E-state index contributed by atoms with van der Waals surface area (Å²) < 4.78 is 0. The van der Waals surface area contributed by atoms with Gasteiger partial charge in [0.2, 0.25) is 5.91 Å². The molecule has 0 aliphatic carbocycles. The smallest absolute Gasteiger partial charge is 0.271 e. The number of hydrogen-bond donors (Lipinski definition) is 3. The van der Waals surface area contributed by atoms with E-state index in [1.54, 1.807) is 0 Å². The molecular weight excluding hydrogens is 250 g/mol. The molecule has 0 heterocycles. The minimum Gasteiger partial charge on any atom is -0.506 e. The van der Waals surface area contributed by atoms with E-state index in [9.17, 15) is 20.0 Å². The number of hydrogen-bond acceptors (Lipinski definition) is 5. The first-order valence-electron chi connectivity index (χ1n) is 5.85. The molecule has 1 unspecified atom stereocenters. The van der Waals surface area contributed by atoms with Gasteiger partial charge in [0.15, 0.2) is 0 Å². The van der Waals surface area contributed by atoms with E-state index in [0.29, 0.717) is 0 Å². The number of rotatable bonds is 5. The number of phenolic OH excluding ortho intramolecular Hbond substituents is 1. The lowest BCUT2D eigenvalue weighted by atomic mass is 9.95. The molecule has 1 amide bonds. The average Bonchev–Trinajstić information content (AvgIpc) is 2.31. The predicted molar refractivity (Wildman–Crippen MR) is 70.8 cm³/mol. The van der Waals surface area contributed by atoms with Crippen molar-refractivity contribution in [1.82, 2.24) is 0 Å². The number of benzene rings is 1. The molecule has 1 rings (SSSR count). The van der Waals surface area contributed by atoms with Crippen LogP contribution in [0.5, 0.6) is 5.75 Å². The number of carbonyl (C=O) groups is 1. The lowest BCUT2D eigenvalue weighted by Crippen LogP contribution is -2.33. The number of phenols is 1. The first-order valence-corrected chi connectivity index (χ1v) is 5.85. The maximum atomic E-state index is 11.9. The van der Waals surface area contributed by atoms with Gasteiger partial charge in [-0.05, 0) is 12.0 Å². The van der Waals surface area contributed by atoms with E-state index < -0.39 is 10.8 Å². The van der Waals surface area contributed by atoms with E-state index in [0.717, 1.165) is 12.1 Å². The van der Waals surface area contributed by atoms with E-state index in [2.05, 4.69) is 5.32 Å². The maximum absolute atomic E-state index is 11.9. The summed E-state index contributed by atoms with van der Waals surface area (Å²) in [5.41, 5.74) is 5.32. The predicted octanol–water partition coefficient (Wildman–Crippen LogP) is 1.47. The number of nitrogens with two attached hydrogens (primary N) is 1. The van der Waals surface area contributed by atoms with E-state index in [1.165, 1.54) is 6.07 Å². The van der Waals surface area contributed by atoms with Gasteiger partial charge in [-0.15, -0.1) is 0 Å². The fourth-order valence-electron chi connectivity index (χ4n) is 1.65. The summed E-state index contributed by atoms with van der Waals surface area (Å²) in [4.78, 5) is 22.0. The summed E-state index contributed by atoms with van der Waals surface area (Å²) in [6.45, 7) is 3.87. The van der Waals surface area contributed by atoms with Crippen LogP contribution >= 0.6 is 0 Å². The Bertz CT molecular complexity index is 488. The van der Waals surface area contributed by atoms with Crippen LogP contribution in [-0.2, 0) is 4.79 Å². The highest BCUT2D eigenvalue weighted by Crippen LogP contribution is 2.28. The summed E-state index contributed by atoms with van der Waals surface area (Å²) in [5.74, 6) is -0.976. The highest BCUT2D eigenvalue weighted by molar-refractivity contribution is 5.94. The van der Waals surface area contributed by atoms with Crippen LogP contribution in [0.3, 0.4) is 0 Å². The zero-order valence-electron chi connectivity index (χ0n) is 10.8. The third kappa shape index (κ3) is 3.65. The normalized spacial score (nSPS) is 12.2. The Morgan fingerprint density at radius 2 is 2.16 bits per heavy atom. The van der Waals surface area contributed by atoms with Gasteiger partial charge in [0.25, 0.3) is 5.69 Å². The van der Waals surface area contributed by atoms with Gasteiger partial charge < -0.3 is 16.2 Å². The van der Waals surface area contributed by atoms with Crippen LogP contribution in [0.4, 0.5) is 11.4 Å². The third-order valence-electron chi connectivity index (χ3n) is 2.84. The van der Waals surface area contributed by atoms with Gasteiger partial charge in [-0.25, -0.2) is 0 Å². The molecule has 0 spiro atoms. The van der Waals surface area contributed by atoms with E-state index in [1.807, 2.05) is 13.8 Å². The zero-order chi connectivity index (χ0) is 14.6. The van der Waals surface area contributed by atoms with Crippen molar-refractivity contribution in [3.63, 3.8) is 0 Å². The minimum atomic E-state index is -0.599. The van der Waals surface area contributed by atoms with Crippen LogP contribution in [0, 0.1) is 22.0 Å². The Kier molecular flexibility index (Phi) is 4.82. The largest absolute Gasteiger partial charge is 0.506 e. The van der Waals surface area contributed by atoms with Crippen molar-refractivity contribution >= 4 is 17.3 Å². The number of nitrogens with one attached hydrogen (secondary N) is 1. The summed E-state index contributed by atoms with van der Waals surface area (Å²) in [5, 5.41) is 22.7. The van der Waals surface area contributed by atoms with Gasteiger partial charge in [-0.3, -0.25) is 14.9 Å². The highest BCUT2D eigenvalue weighted by atomic mass is 16.6. The van der Waals surface area contributed by atoms with Crippen LogP contribution in [0.1, 0.15) is 13.8 Å². The van der Waals surface area contributed by atoms with Crippen LogP contribution in [0.15, 0.2) is 18.2 Å². The molecule has 7 nitrogen and oxygen atoms in total. The number of nitro benzene ring substituents is 1. The Morgan fingerprint density at radius 1 is 1.53 bits per heavy atom. The molecule has 0 aliphatic rings. The molecule has 1 aromatic carbocycles. The van der Waals surface area contributed by atoms with E-state index in [-0.39, 0.29) is 35.5 Å². The number of amides is 1. The third-order valence-corrected chi connectivity index (χ3v) is 2.84. The van der Waals surface area contributed by atoms with Gasteiger partial charge in [-0.1, -0.05) is 13.8 Å². The number of nitro groups is 1. The lowest BCUT2D eigenvalue weighted by Gasteiger charge is -2.18. The Hall–Kier alpha value is -2.15. The Labute approximate surface area is 110 Å². The molecule has 4 N–H and O–H groups in total. The fourth-order valence-corrected chi connectivity index (χ4v) is 1.65. The molecule has 1 atom stereocenters. The second kappa shape index (κ2) is 6.14. The molecular formula is C12H17N3O4. The number of aromatic hydroxyl groups is 1. The van der Waals surface area contributed by atoms with Crippen LogP contribution in [0.2, 0.25) is 0 Å². The van der Waals surface area contributed by atoms with E-state index in [4.69, 9.17) is 5.73 Å². The Morgan fingerprint density at radius 3 is 2.63 bits per heavy atom. The average molecular weight is 267 g/mol. The summed E-state index contributed by atoms with van der Waals surface area (Å²) in [7, 11) is 0. The summed E-state index contributed by atoms with van der Waals surface area (Å²) in [6, 6.07) is 3.44. The molecule has 19 heavy (non-hydrogen) atoms. The summed E-state index contributed by atoms with van der Waals surface area (Å²) >= 11 is 0. The van der Waals surface area contributed by atoms with Crippen molar-refractivity contribution in [3.05, 3.63) is 28.3 Å². The van der Waals surface area contributed by atoms with Crippen molar-refractivity contribution in [2.24, 2.45) is 17.6 Å². The number of nitrogens with zero attached hydrogens (tertiary/aromatic N) is 1. The lowest BCUT2D eigenvalue weighted by molar-refractivity contribution is -0.384. The van der Waals surface area contributed by atoms with Crippen molar-refractivity contribution < 1.29 is 14.8 Å². The first kappa shape index (κ1) is 14.9. The van der Waals surface area contributed by atoms with Crippen molar-refractivity contribution in [2.75, 3.05) is 11.9 Å². The van der Waals surface area contributed by atoms with Crippen molar-refractivity contribution in [2.45, 2.75) is 13.8 Å². The molecule has 7 heteroatoms. The van der Waals surface area contributed by atoms with Crippen molar-refractivity contribution in [3.8, 4) is 5.75 Å². The molecule has 0 saturated carbocycles. The van der Waals surface area contributed by atoms with Gasteiger partial charge >= 0.3 is 0 Å². The number of anilines is 1. The van der Waals surface area contributed by atoms with Crippen molar-refractivity contribution in [1.29, 1.82) is 0 Å². The van der Waals surface area contributed by atoms with Gasteiger partial charge in [0.1, 0.15) is 5.75 Å². The maximum Gasteiger partial charge on any atom is 0.271 e. The van der Waals surface area contributed by atoms with Gasteiger partial charge in [0, 0.05) is 18.7 Å².